The van der Waals surface area contributed by atoms with Gasteiger partial charge in [-0.15, -0.1) is 4.36 Å². The van der Waals surface area contributed by atoms with Gasteiger partial charge in [-0.1, -0.05) is 22.0 Å². The Kier molecular flexibility index (Phi) is 4.10. The molecule has 6 nitrogen and oxygen atoms in total. The van der Waals surface area contributed by atoms with Gasteiger partial charge in [-0.2, -0.15) is 0 Å². The molecule has 0 saturated carbocycles. The lowest BCUT2D eigenvalue weighted by molar-refractivity contribution is 0.101. The zero-order chi connectivity index (χ0) is 19.5. The number of benzene rings is 2. The second-order valence-corrected chi connectivity index (χ2v) is 10.1. The average Bonchev–Trinajstić information content (AvgIpc) is 3.34. The first-order valence-electron chi connectivity index (χ1n) is 9.31. The van der Waals surface area contributed by atoms with Crippen molar-refractivity contribution >= 4 is 43.5 Å². The summed E-state index contributed by atoms with van der Waals surface area (Å²) in [7, 11) is -3.33. The summed E-state index contributed by atoms with van der Waals surface area (Å²) in [4.78, 5) is 25.2. The molecule has 3 aliphatic rings. The van der Waals surface area contributed by atoms with Gasteiger partial charge in [-0.05, 0) is 79.0 Å². The molecule has 0 radical (unpaired) electrons. The number of rotatable bonds is 2. The van der Waals surface area contributed by atoms with Crippen LogP contribution in [0.25, 0.3) is 0 Å². The Balaban J connectivity index is 1.47. The fourth-order valence-electron chi connectivity index (χ4n) is 4.44. The average molecular weight is 460 g/mol. The number of hydrogen-bond donors (Lipinski definition) is 2. The van der Waals surface area contributed by atoms with E-state index < -0.39 is 21.9 Å². The van der Waals surface area contributed by atoms with Crippen LogP contribution in [0.5, 0.6) is 0 Å². The minimum atomic E-state index is -3.33. The van der Waals surface area contributed by atoms with Crippen molar-refractivity contribution in [1.29, 1.82) is 0 Å². The van der Waals surface area contributed by atoms with Crippen molar-refractivity contribution in [2.24, 2.45) is 4.36 Å². The van der Waals surface area contributed by atoms with Gasteiger partial charge >= 0.3 is 6.03 Å². The largest absolute Gasteiger partial charge is 0.331 e. The molecule has 1 aliphatic heterocycles. The van der Waals surface area contributed by atoms with Crippen LogP contribution in [0, 0.1) is 0 Å². The molecule has 2 aromatic rings. The first-order chi connectivity index (χ1) is 13.4. The van der Waals surface area contributed by atoms with Crippen molar-refractivity contribution < 1.29 is 13.8 Å². The molecular formula is C20H18BrN3O3S. The first-order valence-corrected chi connectivity index (χ1v) is 11.6. The van der Waals surface area contributed by atoms with Crippen molar-refractivity contribution in [3.63, 3.8) is 0 Å². The highest BCUT2D eigenvalue weighted by Gasteiger charge is 2.32. The third-order valence-corrected chi connectivity index (χ3v) is 7.95. The molecule has 0 spiro atoms. The monoisotopic (exact) mass is 459 g/mol. The van der Waals surface area contributed by atoms with Crippen LogP contribution in [0.4, 0.5) is 10.5 Å². The minimum absolute atomic E-state index is 0.249. The Labute approximate surface area is 171 Å². The predicted octanol–water partition coefficient (Wildman–Crippen LogP) is 4.14. The van der Waals surface area contributed by atoms with Crippen LogP contribution in [0.15, 0.2) is 38.0 Å². The maximum atomic E-state index is 13.2. The number of nitrogens with zero attached hydrogens (tertiary/aromatic N) is 1. The second-order valence-electron chi connectivity index (χ2n) is 7.35. The molecule has 0 saturated heterocycles. The molecule has 2 aromatic carbocycles. The quantitative estimate of drug-likeness (QED) is 0.706. The van der Waals surface area contributed by atoms with Crippen LogP contribution in [0.3, 0.4) is 0 Å². The van der Waals surface area contributed by atoms with Crippen molar-refractivity contribution in [2.45, 2.75) is 43.4 Å². The van der Waals surface area contributed by atoms with Gasteiger partial charge in [0.2, 0.25) is 0 Å². The van der Waals surface area contributed by atoms with Crippen LogP contribution in [0.2, 0.25) is 0 Å². The highest BCUT2D eigenvalue weighted by atomic mass is 79.9. The van der Waals surface area contributed by atoms with Crippen LogP contribution in [-0.2, 0) is 35.6 Å². The van der Waals surface area contributed by atoms with E-state index in [1.54, 1.807) is 18.2 Å². The number of hydrogen-bond acceptors (Lipinski definition) is 3. The van der Waals surface area contributed by atoms with E-state index in [9.17, 15) is 13.8 Å². The molecule has 2 aliphatic carbocycles. The summed E-state index contributed by atoms with van der Waals surface area (Å²) < 4.78 is 20.1. The summed E-state index contributed by atoms with van der Waals surface area (Å²) in [5, 5.41) is 2.94. The van der Waals surface area contributed by atoms with Gasteiger partial charge in [0, 0.05) is 10.2 Å². The third-order valence-electron chi connectivity index (χ3n) is 5.62. The molecule has 8 heteroatoms. The number of fused-ring (bicyclic) bond motifs is 3. The van der Waals surface area contributed by atoms with Gasteiger partial charge in [0.1, 0.15) is 0 Å². The standard InChI is InChI=1S/C20H18BrN3O3S/c21-13-7-8-17-16(10-13)19(25)23-28(17,27)24-20(26)22-18-14-5-1-3-11(14)9-12-4-2-6-15(12)18/h7-10H,1-6H2,(H2,22,23,24,25,26,27). The van der Waals surface area contributed by atoms with E-state index >= 15 is 0 Å². The van der Waals surface area contributed by atoms with E-state index in [0.717, 1.165) is 44.2 Å². The zero-order valence-electron chi connectivity index (χ0n) is 15.0. The van der Waals surface area contributed by atoms with Gasteiger partial charge in [0.25, 0.3) is 5.91 Å². The van der Waals surface area contributed by atoms with Crippen molar-refractivity contribution in [1.82, 2.24) is 4.72 Å². The smallest absolute Gasteiger partial charge is 0.307 e. The van der Waals surface area contributed by atoms with Gasteiger partial charge in [0.05, 0.1) is 10.5 Å². The molecule has 1 atom stereocenters. The predicted molar refractivity (Wildman–Crippen MR) is 110 cm³/mol. The number of carbonyl (C=O) groups is 2. The molecule has 28 heavy (non-hydrogen) atoms. The summed E-state index contributed by atoms with van der Waals surface area (Å²) in [6.07, 6.45) is 6.10. The van der Waals surface area contributed by atoms with E-state index in [1.165, 1.54) is 22.3 Å². The molecule has 5 rings (SSSR count). The number of amides is 3. The number of urea groups is 1. The lowest BCUT2D eigenvalue weighted by atomic mass is 9.99. The lowest BCUT2D eigenvalue weighted by Gasteiger charge is -2.17. The zero-order valence-corrected chi connectivity index (χ0v) is 17.4. The molecule has 0 bridgehead atoms. The maximum Gasteiger partial charge on any atom is 0.331 e. The highest BCUT2D eigenvalue weighted by Crippen LogP contribution is 2.38. The van der Waals surface area contributed by atoms with E-state index in [4.69, 9.17) is 0 Å². The van der Waals surface area contributed by atoms with Crippen LogP contribution in [-0.4, -0.2) is 16.1 Å². The summed E-state index contributed by atoms with van der Waals surface area (Å²) in [5.41, 5.74) is 6.10. The van der Waals surface area contributed by atoms with E-state index in [1.807, 2.05) is 0 Å². The van der Waals surface area contributed by atoms with Crippen LogP contribution in [0.1, 0.15) is 45.5 Å². The minimum Gasteiger partial charge on any atom is -0.307 e. The van der Waals surface area contributed by atoms with E-state index in [-0.39, 0.29) is 10.5 Å². The van der Waals surface area contributed by atoms with Crippen LogP contribution < -0.4 is 10.0 Å². The summed E-state index contributed by atoms with van der Waals surface area (Å²) in [5.74, 6) is -0.580. The Bertz CT molecular complexity index is 1150. The maximum absolute atomic E-state index is 13.2. The topological polar surface area (TPSA) is 87.6 Å². The Hall–Kier alpha value is -2.19. The molecule has 3 amide bonds. The summed E-state index contributed by atoms with van der Waals surface area (Å²) >= 11 is 3.30. The summed E-state index contributed by atoms with van der Waals surface area (Å²) in [6.45, 7) is 0. The SMILES string of the molecule is O=C(Nc1c2c(cc3c1CCC3)CCC2)NS1(=O)=NC(=O)c2cc(Br)ccc21. The molecule has 2 N–H and O–H groups in total. The molecular weight excluding hydrogens is 442 g/mol. The molecule has 144 valence electrons. The molecule has 1 heterocycles. The first kappa shape index (κ1) is 17.9. The summed E-state index contributed by atoms with van der Waals surface area (Å²) in [6, 6.07) is 6.52. The highest BCUT2D eigenvalue weighted by molar-refractivity contribution is 9.10. The fourth-order valence-corrected chi connectivity index (χ4v) is 6.38. The van der Waals surface area contributed by atoms with Gasteiger partial charge in [-0.25, -0.2) is 13.7 Å². The van der Waals surface area contributed by atoms with E-state index in [2.05, 4.69) is 36.4 Å². The van der Waals surface area contributed by atoms with Crippen molar-refractivity contribution in [3.05, 3.63) is 56.6 Å². The number of aryl methyl sites for hydroxylation is 2. The lowest BCUT2D eigenvalue weighted by Crippen LogP contribution is -2.34. The van der Waals surface area contributed by atoms with Gasteiger partial charge in [0.15, 0.2) is 9.92 Å². The van der Waals surface area contributed by atoms with Crippen molar-refractivity contribution in [2.75, 3.05) is 5.32 Å². The number of carbonyl (C=O) groups excluding carboxylic acids is 2. The van der Waals surface area contributed by atoms with Crippen LogP contribution >= 0.6 is 15.9 Å². The number of nitrogens with one attached hydrogen (secondary N) is 2. The normalized spacial score (nSPS) is 21.7. The Morgan fingerprint density at radius 2 is 1.71 bits per heavy atom. The molecule has 1 unspecified atom stereocenters. The van der Waals surface area contributed by atoms with E-state index in [0.29, 0.717) is 4.47 Å². The molecule has 0 aromatic heterocycles. The number of anilines is 1. The Morgan fingerprint density at radius 3 is 2.39 bits per heavy atom. The van der Waals surface area contributed by atoms with Gasteiger partial charge in [-0.3, -0.25) is 4.79 Å². The number of halogens is 1. The third kappa shape index (κ3) is 2.78. The molecule has 0 fully saturated rings. The van der Waals surface area contributed by atoms with Gasteiger partial charge < -0.3 is 5.32 Å². The second kappa shape index (κ2) is 6.42. The fraction of sp³-hybridized carbons (Fsp3) is 0.300. The Morgan fingerprint density at radius 1 is 1.04 bits per heavy atom. The van der Waals surface area contributed by atoms with Crippen molar-refractivity contribution in [3.8, 4) is 0 Å².